The highest BCUT2D eigenvalue weighted by molar-refractivity contribution is 5.68. The molecule has 0 aliphatic heterocycles. The molecule has 0 N–H and O–H groups in total. The van der Waals surface area contributed by atoms with E-state index in [1.54, 1.807) is 11.9 Å². The van der Waals surface area contributed by atoms with Gasteiger partial charge in [-0.15, -0.1) is 0 Å². The van der Waals surface area contributed by atoms with Crippen molar-refractivity contribution in [3.63, 3.8) is 0 Å². The van der Waals surface area contributed by atoms with E-state index in [-0.39, 0.29) is 18.2 Å². The monoisotopic (exact) mass is 368 g/mol. The molecule has 1 atom stereocenters. The van der Waals surface area contributed by atoms with Gasteiger partial charge in [0, 0.05) is 19.6 Å². The highest BCUT2D eigenvalue weighted by Crippen LogP contribution is 2.28. The summed E-state index contributed by atoms with van der Waals surface area (Å²) >= 11 is 0. The van der Waals surface area contributed by atoms with Crippen molar-refractivity contribution in [1.29, 1.82) is 0 Å². The fraction of sp³-hybridized carbons (Fsp3) is 0.435. The molecule has 0 unspecified atom stereocenters. The van der Waals surface area contributed by atoms with Crippen LogP contribution in [0.15, 0.2) is 60.7 Å². The Kier molecular flexibility index (Phi) is 7.03. The van der Waals surface area contributed by atoms with E-state index in [0.29, 0.717) is 0 Å². The van der Waals surface area contributed by atoms with Gasteiger partial charge in [0.2, 0.25) is 0 Å². The van der Waals surface area contributed by atoms with Gasteiger partial charge >= 0.3 is 6.09 Å². The van der Waals surface area contributed by atoms with Crippen molar-refractivity contribution in [2.45, 2.75) is 45.4 Å². The molecular formula is C23H32N2O2. The summed E-state index contributed by atoms with van der Waals surface area (Å²) in [7, 11) is 3.90. The van der Waals surface area contributed by atoms with Crippen molar-refractivity contribution in [2.24, 2.45) is 0 Å². The lowest BCUT2D eigenvalue weighted by atomic mass is 9.97. The van der Waals surface area contributed by atoms with Crippen LogP contribution in [0.2, 0.25) is 0 Å². The summed E-state index contributed by atoms with van der Waals surface area (Å²) in [6, 6.07) is 21.1. The zero-order chi connectivity index (χ0) is 20.0. The molecule has 146 valence electrons. The number of amides is 1. The Labute approximate surface area is 163 Å². The van der Waals surface area contributed by atoms with Crippen molar-refractivity contribution >= 4 is 6.09 Å². The smallest absolute Gasteiger partial charge is 0.410 e. The van der Waals surface area contributed by atoms with Crippen molar-refractivity contribution < 1.29 is 9.53 Å². The van der Waals surface area contributed by atoms with Gasteiger partial charge in [0.1, 0.15) is 5.60 Å². The molecule has 0 saturated carbocycles. The molecule has 27 heavy (non-hydrogen) atoms. The first-order valence-electron chi connectivity index (χ1n) is 9.45. The lowest BCUT2D eigenvalue weighted by Gasteiger charge is -2.35. The summed E-state index contributed by atoms with van der Waals surface area (Å²) in [5, 5.41) is 0. The van der Waals surface area contributed by atoms with Crippen LogP contribution in [0, 0.1) is 0 Å². The molecule has 0 spiro atoms. The summed E-state index contributed by atoms with van der Waals surface area (Å²) in [6.45, 7) is 8.43. The lowest BCUT2D eigenvalue weighted by molar-refractivity contribution is 0.0204. The van der Waals surface area contributed by atoms with Gasteiger partial charge in [0.25, 0.3) is 0 Å². The average Bonchev–Trinajstić information content (AvgIpc) is 2.61. The third-order valence-electron chi connectivity index (χ3n) is 4.57. The Morgan fingerprint density at radius 3 is 1.78 bits per heavy atom. The molecule has 4 nitrogen and oxygen atoms in total. The zero-order valence-corrected chi connectivity index (χ0v) is 17.3. The Balaban J connectivity index is 2.16. The maximum absolute atomic E-state index is 12.4. The minimum absolute atomic E-state index is 0.0137. The van der Waals surface area contributed by atoms with Gasteiger partial charge < -0.3 is 9.64 Å². The first-order valence-corrected chi connectivity index (χ1v) is 9.45. The molecule has 0 radical (unpaired) electrons. The van der Waals surface area contributed by atoms with Crippen LogP contribution in [0.25, 0.3) is 0 Å². The van der Waals surface area contributed by atoms with Gasteiger partial charge in [-0.2, -0.15) is 0 Å². The number of hydrogen-bond acceptors (Lipinski definition) is 3. The largest absolute Gasteiger partial charge is 0.444 e. The van der Waals surface area contributed by atoms with Crippen LogP contribution in [0.1, 0.15) is 44.9 Å². The first kappa shape index (κ1) is 21.0. The van der Waals surface area contributed by atoms with Gasteiger partial charge in [-0.3, -0.25) is 4.90 Å². The summed E-state index contributed by atoms with van der Waals surface area (Å²) in [6.07, 6.45) is -0.292. The van der Waals surface area contributed by atoms with Crippen LogP contribution < -0.4 is 0 Å². The van der Waals surface area contributed by atoms with Crippen LogP contribution in [0.3, 0.4) is 0 Å². The highest BCUT2D eigenvalue weighted by Gasteiger charge is 2.26. The molecule has 4 heteroatoms. The Morgan fingerprint density at radius 1 is 0.926 bits per heavy atom. The van der Waals surface area contributed by atoms with Gasteiger partial charge in [-0.1, -0.05) is 60.7 Å². The number of nitrogens with zero attached hydrogens (tertiary/aromatic N) is 2. The minimum Gasteiger partial charge on any atom is -0.444 e. The number of hydrogen-bond donors (Lipinski definition) is 0. The summed E-state index contributed by atoms with van der Waals surface area (Å²) < 4.78 is 5.50. The standard InChI is InChI=1S/C23H32N2O2/c1-18(25(6)22(26)27-23(2,3)4)17-24(5)21(19-13-9-7-10-14-19)20-15-11-8-12-16-20/h7-16,18,21H,17H2,1-6H3/t18-/m0/s1. The topological polar surface area (TPSA) is 32.8 Å². The number of benzene rings is 2. The lowest BCUT2D eigenvalue weighted by Crippen LogP contribution is -2.45. The van der Waals surface area contributed by atoms with Crippen LogP contribution in [0.4, 0.5) is 4.79 Å². The fourth-order valence-corrected chi connectivity index (χ4v) is 3.13. The minimum atomic E-state index is -0.492. The quantitative estimate of drug-likeness (QED) is 0.722. The zero-order valence-electron chi connectivity index (χ0n) is 17.3. The molecule has 0 aromatic heterocycles. The number of rotatable bonds is 6. The number of ether oxygens (including phenoxy) is 1. The molecule has 0 aliphatic carbocycles. The van der Waals surface area contributed by atoms with Crippen LogP contribution in [-0.4, -0.2) is 48.2 Å². The molecule has 2 aromatic carbocycles. The second-order valence-corrected chi connectivity index (χ2v) is 8.10. The van der Waals surface area contributed by atoms with E-state index in [1.807, 2.05) is 39.8 Å². The maximum Gasteiger partial charge on any atom is 0.410 e. The van der Waals surface area contributed by atoms with Crippen molar-refractivity contribution in [3.05, 3.63) is 71.8 Å². The molecule has 0 bridgehead atoms. The fourth-order valence-electron chi connectivity index (χ4n) is 3.13. The third kappa shape index (κ3) is 6.10. The van der Waals surface area contributed by atoms with Crippen LogP contribution in [0.5, 0.6) is 0 Å². The predicted molar refractivity (Wildman–Crippen MR) is 111 cm³/mol. The van der Waals surface area contributed by atoms with Gasteiger partial charge in [0.05, 0.1) is 6.04 Å². The molecule has 0 saturated heterocycles. The summed E-state index contributed by atoms with van der Waals surface area (Å²) in [4.78, 5) is 16.3. The Morgan fingerprint density at radius 2 is 1.37 bits per heavy atom. The molecule has 0 aliphatic rings. The van der Waals surface area contributed by atoms with E-state index in [0.717, 1.165) is 6.54 Å². The summed E-state index contributed by atoms with van der Waals surface area (Å²) in [5.41, 5.74) is 1.98. The molecule has 2 rings (SSSR count). The normalized spacial score (nSPS) is 12.9. The van der Waals surface area contributed by atoms with Gasteiger partial charge in [0.15, 0.2) is 0 Å². The predicted octanol–water partition coefficient (Wildman–Crippen LogP) is 4.96. The number of carbonyl (C=O) groups is 1. The molecule has 2 aromatic rings. The molecule has 1 amide bonds. The Hall–Kier alpha value is -2.33. The van der Waals surface area contributed by atoms with E-state index in [4.69, 9.17) is 4.74 Å². The Bertz CT molecular complexity index is 671. The van der Waals surface area contributed by atoms with Crippen LogP contribution in [-0.2, 0) is 4.74 Å². The first-order chi connectivity index (χ1) is 12.7. The molecule has 0 fully saturated rings. The van der Waals surface area contributed by atoms with Crippen molar-refractivity contribution in [2.75, 3.05) is 20.6 Å². The summed E-state index contributed by atoms with van der Waals surface area (Å²) in [5.74, 6) is 0. The maximum atomic E-state index is 12.4. The number of carbonyl (C=O) groups excluding carboxylic acids is 1. The molecule has 0 heterocycles. The van der Waals surface area contributed by atoms with Crippen molar-refractivity contribution in [1.82, 2.24) is 9.80 Å². The second kappa shape index (κ2) is 9.05. The van der Waals surface area contributed by atoms with Crippen LogP contribution >= 0.6 is 0 Å². The van der Waals surface area contributed by atoms with Gasteiger partial charge in [-0.05, 0) is 45.9 Å². The third-order valence-corrected chi connectivity index (χ3v) is 4.57. The molecular weight excluding hydrogens is 336 g/mol. The van der Waals surface area contributed by atoms with E-state index in [2.05, 4.69) is 60.5 Å². The SMILES string of the molecule is C[C@@H](CN(C)C(c1ccccc1)c1ccccc1)N(C)C(=O)OC(C)(C)C. The van der Waals surface area contributed by atoms with E-state index >= 15 is 0 Å². The van der Waals surface area contributed by atoms with E-state index in [9.17, 15) is 4.79 Å². The number of likely N-dealkylation sites (N-methyl/N-ethyl adjacent to an activating group) is 2. The van der Waals surface area contributed by atoms with E-state index in [1.165, 1.54) is 11.1 Å². The average molecular weight is 369 g/mol. The highest BCUT2D eigenvalue weighted by atomic mass is 16.6. The van der Waals surface area contributed by atoms with E-state index < -0.39 is 5.60 Å². The second-order valence-electron chi connectivity index (χ2n) is 8.10. The van der Waals surface area contributed by atoms with Gasteiger partial charge in [-0.25, -0.2) is 4.79 Å². The van der Waals surface area contributed by atoms with Crippen molar-refractivity contribution in [3.8, 4) is 0 Å².